The zero-order valence-electron chi connectivity index (χ0n) is 16.4. The summed E-state index contributed by atoms with van der Waals surface area (Å²) in [4.78, 5) is 36.8. The molecule has 1 saturated heterocycles. The molecule has 0 radical (unpaired) electrons. The molecule has 0 bridgehead atoms. The van der Waals surface area contributed by atoms with Crippen molar-refractivity contribution in [3.8, 4) is 0 Å². The fourth-order valence-corrected chi connectivity index (χ4v) is 3.57. The van der Waals surface area contributed by atoms with Gasteiger partial charge in [0, 0.05) is 56.8 Å². The molecule has 0 spiro atoms. The Morgan fingerprint density at radius 3 is 2.36 bits per heavy atom. The van der Waals surface area contributed by atoms with Gasteiger partial charge >= 0.3 is 0 Å². The molecule has 0 unspecified atom stereocenters. The van der Waals surface area contributed by atoms with Gasteiger partial charge in [-0.3, -0.25) is 9.59 Å². The Kier molecular flexibility index (Phi) is 6.18. The van der Waals surface area contributed by atoms with Gasteiger partial charge in [0.25, 0.3) is 0 Å². The standard InChI is InChI=1S/C18H25N7O2S/c1-18(2,3)15-22-23-17(28-15)21-13(26)5-6-14(27)24-9-11-25(12-10-24)16-19-7-4-8-20-16/h4,7-8H,5-6,9-12H2,1-3H3,(H,21,23,26). The zero-order chi connectivity index (χ0) is 20.1. The number of nitrogens with one attached hydrogen (secondary N) is 1. The maximum atomic E-state index is 12.4. The average Bonchev–Trinajstić information content (AvgIpc) is 3.16. The minimum absolute atomic E-state index is 0.0172. The molecule has 9 nitrogen and oxygen atoms in total. The van der Waals surface area contributed by atoms with Gasteiger partial charge in [-0.25, -0.2) is 9.97 Å². The Morgan fingerprint density at radius 2 is 1.75 bits per heavy atom. The van der Waals surface area contributed by atoms with Crippen LogP contribution in [0.2, 0.25) is 0 Å². The van der Waals surface area contributed by atoms with E-state index in [1.807, 2.05) is 20.8 Å². The van der Waals surface area contributed by atoms with Crippen LogP contribution < -0.4 is 10.2 Å². The quantitative estimate of drug-likeness (QED) is 0.810. The Morgan fingerprint density at radius 1 is 1.07 bits per heavy atom. The van der Waals surface area contributed by atoms with Crippen LogP contribution in [0.5, 0.6) is 0 Å². The highest BCUT2D eigenvalue weighted by Crippen LogP contribution is 2.27. The second kappa shape index (κ2) is 8.59. The van der Waals surface area contributed by atoms with Gasteiger partial charge in [-0.15, -0.1) is 10.2 Å². The van der Waals surface area contributed by atoms with Crippen molar-refractivity contribution in [2.45, 2.75) is 39.0 Å². The number of aromatic nitrogens is 4. The maximum absolute atomic E-state index is 12.4. The van der Waals surface area contributed by atoms with Crippen LogP contribution in [0.15, 0.2) is 18.5 Å². The molecule has 0 saturated carbocycles. The molecule has 0 aromatic carbocycles. The second-order valence-electron chi connectivity index (χ2n) is 7.63. The Hall–Kier alpha value is -2.62. The van der Waals surface area contributed by atoms with E-state index < -0.39 is 0 Å². The monoisotopic (exact) mass is 403 g/mol. The first kappa shape index (κ1) is 20.1. The van der Waals surface area contributed by atoms with E-state index in [0.717, 1.165) is 5.01 Å². The second-order valence-corrected chi connectivity index (χ2v) is 8.60. The third-order valence-electron chi connectivity index (χ3n) is 4.35. The Labute approximate surface area is 168 Å². The molecule has 2 aromatic rings. The molecule has 2 aromatic heterocycles. The molecule has 1 aliphatic heterocycles. The molecule has 0 aliphatic carbocycles. The third kappa shape index (κ3) is 5.22. The van der Waals surface area contributed by atoms with Crippen molar-refractivity contribution >= 4 is 34.2 Å². The lowest BCUT2D eigenvalue weighted by Crippen LogP contribution is -2.49. The van der Waals surface area contributed by atoms with Gasteiger partial charge in [0.2, 0.25) is 22.9 Å². The van der Waals surface area contributed by atoms with E-state index in [0.29, 0.717) is 37.3 Å². The first-order valence-corrected chi connectivity index (χ1v) is 10.1. The number of nitrogens with zero attached hydrogens (tertiary/aromatic N) is 6. The van der Waals surface area contributed by atoms with Gasteiger partial charge < -0.3 is 15.1 Å². The lowest BCUT2D eigenvalue weighted by atomic mass is 9.98. The molecular weight excluding hydrogens is 378 g/mol. The summed E-state index contributed by atoms with van der Waals surface area (Å²) in [5.41, 5.74) is -0.108. The molecule has 1 fully saturated rings. The van der Waals surface area contributed by atoms with Gasteiger partial charge in [0.05, 0.1) is 0 Å². The van der Waals surface area contributed by atoms with Crippen molar-refractivity contribution in [1.82, 2.24) is 25.1 Å². The Bertz CT molecular complexity index is 811. The predicted molar refractivity (Wildman–Crippen MR) is 107 cm³/mol. The molecule has 28 heavy (non-hydrogen) atoms. The third-order valence-corrected chi connectivity index (χ3v) is 5.61. The number of anilines is 2. The molecular formula is C18H25N7O2S. The highest BCUT2D eigenvalue weighted by molar-refractivity contribution is 7.15. The fourth-order valence-electron chi connectivity index (χ4n) is 2.75. The van der Waals surface area contributed by atoms with Crippen molar-refractivity contribution in [1.29, 1.82) is 0 Å². The fraction of sp³-hybridized carbons (Fsp3) is 0.556. The van der Waals surface area contributed by atoms with Crippen LogP contribution in [0.4, 0.5) is 11.1 Å². The topological polar surface area (TPSA) is 104 Å². The predicted octanol–water partition coefficient (Wildman–Crippen LogP) is 1.69. The van der Waals surface area contributed by atoms with Crippen LogP contribution in [0.1, 0.15) is 38.6 Å². The van der Waals surface area contributed by atoms with Crippen LogP contribution >= 0.6 is 11.3 Å². The largest absolute Gasteiger partial charge is 0.339 e. The average molecular weight is 404 g/mol. The van der Waals surface area contributed by atoms with Gasteiger partial charge in [0.15, 0.2) is 0 Å². The Balaban J connectivity index is 1.42. The van der Waals surface area contributed by atoms with Crippen LogP contribution in [-0.4, -0.2) is 63.1 Å². The number of carbonyl (C=O) groups is 2. The van der Waals surface area contributed by atoms with E-state index in [-0.39, 0.29) is 30.1 Å². The summed E-state index contributed by atoms with van der Waals surface area (Å²) in [6, 6.07) is 1.78. The highest BCUT2D eigenvalue weighted by atomic mass is 32.1. The molecule has 3 rings (SSSR count). The number of hydrogen-bond acceptors (Lipinski definition) is 8. The lowest BCUT2D eigenvalue weighted by molar-refractivity contribution is -0.133. The molecule has 1 aliphatic rings. The van der Waals surface area contributed by atoms with E-state index in [1.54, 1.807) is 23.4 Å². The minimum Gasteiger partial charge on any atom is -0.339 e. The zero-order valence-corrected chi connectivity index (χ0v) is 17.2. The first-order chi connectivity index (χ1) is 13.3. The molecule has 10 heteroatoms. The van der Waals surface area contributed by atoms with Crippen molar-refractivity contribution < 1.29 is 9.59 Å². The molecule has 2 amide bonds. The summed E-state index contributed by atoms with van der Waals surface area (Å²) >= 11 is 1.36. The van der Waals surface area contributed by atoms with Crippen LogP contribution in [0, 0.1) is 0 Å². The number of hydrogen-bond donors (Lipinski definition) is 1. The van der Waals surface area contributed by atoms with Gasteiger partial charge in [-0.2, -0.15) is 0 Å². The number of rotatable bonds is 5. The number of piperazine rings is 1. The summed E-state index contributed by atoms with van der Waals surface area (Å²) in [5.74, 6) is 0.443. The van der Waals surface area contributed by atoms with E-state index in [1.165, 1.54) is 11.3 Å². The van der Waals surface area contributed by atoms with Crippen LogP contribution in [0.3, 0.4) is 0 Å². The first-order valence-electron chi connectivity index (χ1n) is 9.26. The molecule has 0 atom stereocenters. The molecule has 3 heterocycles. The van der Waals surface area contributed by atoms with Crippen molar-refractivity contribution in [2.75, 3.05) is 36.4 Å². The molecule has 150 valence electrons. The van der Waals surface area contributed by atoms with E-state index in [4.69, 9.17) is 0 Å². The van der Waals surface area contributed by atoms with E-state index in [9.17, 15) is 9.59 Å². The van der Waals surface area contributed by atoms with Crippen LogP contribution in [-0.2, 0) is 15.0 Å². The summed E-state index contributed by atoms with van der Waals surface area (Å²) in [5, 5.41) is 12.2. The highest BCUT2D eigenvalue weighted by Gasteiger charge is 2.23. The van der Waals surface area contributed by atoms with Crippen molar-refractivity contribution in [3.05, 3.63) is 23.5 Å². The number of amides is 2. The smallest absolute Gasteiger partial charge is 0.226 e. The molecule has 1 N–H and O–H groups in total. The lowest BCUT2D eigenvalue weighted by Gasteiger charge is -2.34. The van der Waals surface area contributed by atoms with Gasteiger partial charge in [0.1, 0.15) is 5.01 Å². The van der Waals surface area contributed by atoms with E-state index >= 15 is 0 Å². The summed E-state index contributed by atoms with van der Waals surface area (Å²) in [6.45, 7) is 8.70. The van der Waals surface area contributed by atoms with Gasteiger partial charge in [-0.05, 0) is 6.07 Å². The van der Waals surface area contributed by atoms with Gasteiger partial charge in [-0.1, -0.05) is 32.1 Å². The SMILES string of the molecule is CC(C)(C)c1nnc(NC(=O)CCC(=O)N2CCN(c3ncccn3)CC2)s1. The maximum Gasteiger partial charge on any atom is 0.226 e. The summed E-state index contributed by atoms with van der Waals surface area (Å²) in [7, 11) is 0. The van der Waals surface area contributed by atoms with Crippen molar-refractivity contribution in [2.24, 2.45) is 0 Å². The van der Waals surface area contributed by atoms with Crippen LogP contribution in [0.25, 0.3) is 0 Å². The van der Waals surface area contributed by atoms with E-state index in [2.05, 4.69) is 30.4 Å². The summed E-state index contributed by atoms with van der Waals surface area (Å²) in [6.07, 6.45) is 3.73. The normalized spacial score (nSPS) is 14.8. The summed E-state index contributed by atoms with van der Waals surface area (Å²) < 4.78 is 0. The number of carbonyl (C=O) groups excluding carboxylic acids is 2. The van der Waals surface area contributed by atoms with Crippen molar-refractivity contribution in [3.63, 3.8) is 0 Å². The minimum atomic E-state index is -0.221.